The molecule has 80 valence electrons. The number of hydrogen-bond donors (Lipinski definition) is 2. The molecule has 0 aliphatic carbocycles. The van der Waals surface area contributed by atoms with Crippen molar-refractivity contribution in [1.82, 2.24) is 0 Å². The van der Waals surface area contributed by atoms with Gasteiger partial charge in [-0.3, -0.25) is 4.79 Å². The van der Waals surface area contributed by atoms with E-state index in [0.717, 1.165) is 0 Å². The van der Waals surface area contributed by atoms with Crippen molar-refractivity contribution in [2.45, 2.75) is 0 Å². The van der Waals surface area contributed by atoms with Crippen LogP contribution in [-0.4, -0.2) is 24.2 Å². The summed E-state index contributed by atoms with van der Waals surface area (Å²) in [6.45, 7) is -0.182. The van der Waals surface area contributed by atoms with Crippen molar-refractivity contribution in [1.29, 1.82) is 0 Å². The minimum atomic E-state index is -0.410. The van der Waals surface area contributed by atoms with Crippen molar-refractivity contribution >= 4 is 17.4 Å². The second-order valence-corrected chi connectivity index (χ2v) is 3.33. The number of rotatable bonds is 2. The zero-order chi connectivity index (χ0) is 11.0. The maximum Gasteiger partial charge on any atom is 0.231 e. The maximum atomic E-state index is 11.3. The number of aromatic hydroxyl groups is 1. The number of ether oxygens (including phenoxy) is 2. The van der Waals surface area contributed by atoms with Crippen molar-refractivity contribution < 1.29 is 19.4 Å². The number of benzene rings is 1. The van der Waals surface area contributed by atoms with Crippen molar-refractivity contribution in [2.75, 3.05) is 13.3 Å². The fourth-order valence-electron chi connectivity index (χ4n) is 1.32. The smallest absolute Gasteiger partial charge is 0.231 e. The lowest BCUT2D eigenvalue weighted by molar-refractivity contribution is 0.0998. The van der Waals surface area contributed by atoms with Gasteiger partial charge >= 0.3 is 0 Å². The molecule has 0 aromatic heterocycles. The van der Waals surface area contributed by atoms with Gasteiger partial charge in [-0.25, -0.2) is 0 Å². The standard InChI is InChI=1S/C9H8ClNO4/c10-7-8(13)4(5(12)2-11)1-6-9(7)15-3-14-6/h1,13H,2-3,11H2. The molecule has 2 rings (SSSR count). The average Bonchev–Trinajstić information content (AvgIpc) is 2.70. The monoisotopic (exact) mass is 229 g/mol. The first kappa shape index (κ1) is 10.1. The number of halogens is 1. The molecule has 0 fully saturated rings. The Hall–Kier alpha value is -1.46. The molecule has 0 bridgehead atoms. The molecule has 0 unspecified atom stereocenters. The molecule has 0 radical (unpaired) electrons. The average molecular weight is 230 g/mol. The SMILES string of the molecule is NCC(=O)c1cc2c(c(Cl)c1O)OCO2. The molecule has 6 heteroatoms. The van der Waals surface area contributed by atoms with E-state index in [4.69, 9.17) is 26.8 Å². The predicted molar refractivity (Wildman–Crippen MR) is 52.6 cm³/mol. The van der Waals surface area contributed by atoms with Crippen LogP contribution in [0.15, 0.2) is 6.07 Å². The third kappa shape index (κ3) is 1.49. The summed E-state index contributed by atoms with van der Waals surface area (Å²) in [7, 11) is 0. The van der Waals surface area contributed by atoms with Crippen molar-refractivity contribution in [2.24, 2.45) is 5.73 Å². The molecule has 1 aromatic rings. The lowest BCUT2D eigenvalue weighted by Crippen LogP contribution is -2.13. The lowest BCUT2D eigenvalue weighted by Gasteiger charge is -2.06. The summed E-state index contributed by atoms with van der Waals surface area (Å²) in [6, 6.07) is 1.37. The van der Waals surface area contributed by atoms with E-state index in [1.54, 1.807) is 0 Å². The Morgan fingerprint density at radius 1 is 1.60 bits per heavy atom. The van der Waals surface area contributed by atoms with E-state index in [-0.39, 0.29) is 35.4 Å². The Morgan fingerprint density at radius 3 is 3.00 bits per heavy atom. The van der Waals surface area contributed by atoms with Crippen LogP contribution in [0.25, 0.3) is 0 Å². The number of ketones is 1. The Labute approximate surface area is 90.3 Å². The van der Waals surface area contributed by atoms with E-state index < -0.39 is 5.78 Å². The Bertz CT molecular complexity index is 433. The minimum absolute atomic E-state index is 0.0226. The van der Waals surface area contributed by atoms with Gasteiger partial charge in [-0.2, -0.15) is 0 Å². The van der Waals surface area contributed by atoms with Gasteiger partial charge in [0.2, 0.25) is 6.79 Å². The summed E-state index contributed by atoms with van der Waals surface area (Å²) in [5.74, 6) is -0.138. The van der Waals surface area contributed by atoms with Crippen LogP contribution < -0.4 is 15.2 Å². The zero-order valence-corrected chi connectivity index (χ0v) is 8.37. The van der Waals surface area contributed by atoms with Crippen LogP contribution in [0.3, 0.4) is 0 Å². The summed E-state index contributed by atoms with van der Waals surface area (Å²) in [5.41, 5.74) is 5.24. The molecule has 1 aliphatic heterocycles. The Morgan fingerprint density at radius 2 is 2.33 bits per heavy atom. The van der Waals surface area contributed by atoms with Gasteiger partial charge in [-0.15, -0.1) is 0 Å². The predicted octanol–water partition coefficient (Wildman–Crippen LogP) is 0.916. The number of nitrogens with two attached hydrogens (primary N) is 1. The fraction of sp³-hybridized carbons (Fsp3) is 0.222. The lowest BCUT2D eigenvalue weighted by atomic mass is 10.1. The molecule has 5 nitrogen and oxygen atoms in total. The Kier molecular flexibility index (Phi) is 2.42. The molecule has 1 heterocycles. The van der Waals surface area contributed by atoms with Gasteiger partial charge in [0.05, 0.1) is 12.1 Å². The van der Waals surface area contributed by atoms with Gasteiger partial charge in [0.1, 0.15) is 10.8 Å². The first-order valence-corrected chi connectivity index (χ1v) is 4.57. The molecule has 1 aromatic carbocycles. The van der Waals surface area contributed by atoms with Crippen molar-refractivity contribution in [3.8, 4) is 17.2 Å². The number of phenols is 1. The highest BCUT2D eigenvalue weighted by atomic mass is 35.5. The number of Topliss-reactive ketones (excluding diaryl/α,β-unsaturated/α-hetero) is 1. The highest BCUT2D eigenvalue weighted by Gasteiger charge is 2.25. The molecule has 0 spiro atoms. The van der Waals surface area contributed by atoms with Crippen molar-refractivity contribution in [3.05, 3.63) is 16.7 Å². The van der Waals surface area contributed by atoms with Crippen LogP contribution >= 0.6 is 11.6 Å². The Balaban J connectivity index is 2.59. The molecule has 0 saturated heterocycles. The van der Waals surface area contributed by atoms with Gasteiger partial charge in [0.15, 0.2) is 17.3 Å². The third-order valence-electron chi connectivity index (χ3n) is 2.07. The van der Waals surface area contributed by atoms with Crippen LogP contribution in [0.5, 0.6) is 17.2 Å². The highest BCUT2D eigenvalue weighted by Crippen LogP contribution is 2.45. The van der Waals surface area contributed by atoms with Crippen LogP contribution in [0.4, 0.5) is 0 Å². The number of fused-ring (bicyclic) bond motifs is 1. The van der Waals surface area contributed by atoms with Gasteiger partial charge in [0, 0.05) is 0 Å². The van der Waals surface area contributed by atoms with E-state index in [1.165, 1.54) is 6.07 Å². The first-order chi connectivity index (χ1) is 7.15. The molecular formula is C9H8ClNO4. The number of carbonyl (C=O) groups is 1. The van der Waals surface area contributed by atoms with E-state index in [1.807, 2.05) is 0 Å². The molecule has 1 aliphatic rings. The fourth-order valence-corrected chi connectivity index (χ4v) is 1.56. The molecule has 0 amide bonds. The zero-order valence-electron chi connectivity index (χ0n) is 7.62. The molecule has 15 heavy (non-hydrogen) atoms. The number of phenolic OH excluding ortho intramolecular Hbond substituents is 1. The highest BCUT2D eigenvalue weighted by molar-refractivity contribution is 6.34. The normalized spacial score (nSPS) is 12.9. The molecule has 0 atom stereocenters. The van der Waals surface area contributed by atoms with E-state index >= 15 is 0 Å². The second-order valence-electron chi connectivity index (χ2n) is 2.95. The first-order valence-electron chi connectivity index (χ1n) is 4.19. The van der Waals surface area contributed by atoms with Gasteiger partial charge in [-0.05, 0) is 6.07 Å². The number of carbonyl (C=O) groups excluding carboxylic acids is 1. The van der Waals surface area contributed by atoms with Crippen LogP contribution in [0, 0.1) is 0 Å². The molecular weight excluding hydrogens is 222 g/mol. The minimum Gasteiger partial charge on any atom is -0.505 e. The molecule has 0 saturated carbocycles. The number of hydrogen-bond acceptors (Lipinski definition) is 5. The third-order valence-corrected chi connectivity index (χ3v) is 2.42. The summed E-state index contributed by atoms with van der Waals surface area (Å²) < 4.78 is 10.1. The van der Waals surface area contributed by atoms with Crippen molar-refractivity contribution in [3.63, 3.8) is 0 Å². The summed E-state index contributed by atoms with van der Waals surface area (Å²) >= 11 is 5.80. The van der Waals surface area contributed by atoms with E-state index in [2.05, 4.69) is 0 Å². The largest absolute Gasteiger partial charge is 0.505 e. The maximum absolute atomic E-state index is 11.3. The van der Waals surface area contributed by atoms with Gasteiger partial charge < -0.3 is 20.3 Å². The quantitative estimate of drug-likeness (QED) is 0.737. The van der Waals surface area contributed by atoms with Gasteiger partial charge in [0.25, 0.3) is 0 Å². The van der Waals surface area contributed by atoms with E-state index in [0.29, 0.717) is 5.75 Å². The van der Waals surface area contributed by atoms with Gasteiger partial charge in [-0.1, -0.05) is 11.6 Å². The summed E-state index contributed by atoms with van der Waals surface area (Å²) in [6.07, 6.45) is 0. The summed E-state index contributed by atoms with van der Waals surface area (Å²) in [4.78, 5) is 11.3. The van der Waals surface area contributed by atoms with Crippen LogP contribution in [-0.2, 0) is 0 Å². The van der Waals surface area contributed by atoms with Crippen LogP contribution in [0.2, 0.25) is 5.02 Å². The topological polar surface area (TPSA) is 81.8 Å². The molecule has 3 N–H and O–H groups in total. The van der Waals surface area contributed by atoms with E-state index in [9.17, 15) is 9.90 Å². The second kappa shape index (κ2) is 3.60. The summed E-state index contributed by atoms with van der Waals surface area (Å²) in [5, 5.41) is 9.59. The van der Waals surface area contributed by atoms with Crippen LogP contribution in [0.1, 0.15) is 10.4 Å².